The lowest BCUT2D eigenvalue weighted by atomic mass is 9.99. The number of ether oxygens (including phenoxy) is 1. The highest BCUT2D eigenvalue weighted by Gasteiger charge is 2.30. The molecule has 2 atom stereocenters. The molecule has 5 heteroatoms. The molecule has 1 fully saturated rings. The minimum Gasteiger partial charge on any atom is -0.379 e. The quantitative estimate of drug-likeness (QED) is 0.867. The van der Waals surface area contributed by atoms with E-state index in [1.807, 2.05) is 6.07 Å². The first-order chi connectivity index (χ1) is 11.2. The highest BCUT2D eigenvalue weighted by Crippen LogP contribution is 2.24. The smallest absolute Gasteiger partial charge is 0.242 e. The molecule has 0 radical (unpaired) electrons. The summed E-state index contributed by atoms with van der Waals surface area (Å²) >= 11 is 0. The van der Waals surface area contributed by atoms with Gasteiger partial charge in [0.25, 0.3) is 0 Å². The molecular weight excluding hydrogens is 295 g/mol. The van der Waals surface area contributed by atoms with Crippen molar-refractivity contribution < 1.29 is 13.9 Å². The summed E-state index contributed by atoms with van der Waals surface area (Å²) in [7, 11) is 0. The van der Waals surface area contributed by atoms with E-state index in [1.54, 1.807) is 6.07 Å². The summed E-state index contributed by atoms with van der Waals surface area (Å²) in [5, 5.41) is 3.14. The van der Waals surface area contributed by atoms with Gasteiger partial charge >= 0.3 is 0 Å². The van der Waals surface area contributed by atoms with Crippen LogP contribution >= 0.6 is 0 Å². The minimum absolute atomic E-state index is 0.0437. The van der Waals surface area contributed by atoms with E-state index in [0.717, 1.165) is 19.3 Å². The zero-order valence-electron chi connectivity index (χ0n) is 13.2. The SMILES string of the molecule is O=C(N[C@@H]1CC=CCC1)[C@H](c1cccc(F)c1)N1CCOCC1. The third-order valence-corrected chi connectivity index (χ3v) is 4.44. The molecule has 0 bridgehead atoms. The Morgan fingerprint density at radius 1 is 1.30 bits per heavy atom. The van der Waals surface area contributed by atoms with Crippen LogP contribution in [0.3, 0.4) is 0 Å². The van der Waals surface area contributed by atoms with Crippen LogP contribution in [0.15, 0.2) is 36.4 Å². The van der Waals surface area contributed by atoms with Crippen LogP contribution in [0.1, 0.15) is 30.9 Å². The molecule has 1 aliphatic heterocycles. The first kappa shape index (κ1) is 16.1. The second kappa shape index (κ2) is 7.70. The van der Waals surface area contributed by atoms with Crippen LogP contribution in [-0.2, 0) is 9.53 Å². The van der Waals surface area contributed by atoms with Gasteiger partial charge in [-0.3, -0.25) is 9.69 Å². The van der Waals surface area contributed by atoms with Crippen molar-refractivity contribution in [1.82, 2.24) is 10.2 Å². The maximum atomic E-state index is 13.6. The number of rotatable bonds is 4. The predicted octanol–water partition coefficient (Wildman–Crippen LogP) is 2.42. The lowest BCUT2D eigenvalue weighted by Gasteiger charge is -2.35. The molecule has 0 unspecified atom stereocenters. The number of carbonyl (C=O) groups is 1. The van der Waals surface area contributed by atoms with E-state index < -0.39 is 6.04 Å². The number of allylic oxidation sites excluding steroid dienone is 1. The number of nitrogens with one attached hydrogen (secondary N) is 1. The van der Waals surface area contributed by atoms with Crippen molar-refractivity contribution in [3.05, 3.63) is 47.8 Å². The van der Waals surface area contributed by atoms with Gasteiger partial charge in [-0.1, -0.05) is 24.3 Å². The molecule has 1 aliphatic carbocycles. The van der Waals surface area contributed by atoms with E-state index in [-0.39, 0.29) is 17.8 Å². The Morgan fingerprint density at radius 3 is 2.83 bits per heavy atom. The molecule has 2 aliphatic rings. The Hall–Kier alpha value is -1.72. The molecule has 1 aromatic carbocycles. The molecule has 0 spiro atoms. The van der Waals surface area contributed by atoms with Gasteiger partial charge in [0.05, 0.1) is 13.2 Å². The first-order valence-electron chi connectivity index (χ1n) is 8.26. The number of halogens is 1. The summed E-state index contributed by atoms with van der Waals surface area (Å²) < 4.78 is 19.0. The fourth-order valence-electron chi connectivity index (χ4n) is 3.25. The third kappa shape index (κ3) is 4.18. The van der Waals surface area contributed by atoms with Crippen LogP contribution < -0.4 is 5.32 Å². The van der Waals surface area contributed by atoms with Crippen molar-refractivity contribution in [3.63, 3.8) is 0 Å². The van der Waals surface area contributed by atoms with Gasteiger partial charge in [-0.2, -0.15) is 0 Å². The molecular formula is C18H23FN2O2. The normalized spacial score (nSPS) is 23.4. The predicted molar refractivity (Wildman–Crippen MR) is 86.5 cm³/mol. The van der Waals surface area contributed by atoms with Crippen molar-refractivity contribution in [2.24, 2.45) is 0 Å². The van der Waals surface area contributed by atoms with Gasteiger partial charge in [0, 0.05) is 19.1 Å². The molecule has 1 saturated heterocycles. The first-order valence-corrected chi connectivity index (χ1v) is 8.26. The lowest BCUT2D eigenvalue weighted by Crippen LogP contribution is -2.48. The molecule has 124 valence electrons. The monoisotopic (exact) mass is 318 g/mol. The maximum absolute atomic E-state index is 13.6. The Kier molecular flexibility index (Phi) is 5.41. The van der Waals surface area contributed by atoms with E-state index in [1.165, 1.54) is 12.1 Å². The Bertz CT molecular complexity index is 570. The van der Waals surface area contributed by atoms with E-state index in [9.17, 15) is 9.18 Å². The summed E-state index contributed by atoms with van der Waals surface area (Å²) in [5.41, 5.74) is 0.704. The maximum Gasteiger partial charge on any atom is 0.242 e. The Balaban J connectivity index is 1.78. The van der Waals surface area contributed by atoms with Gasteiger partial charge in [0.15, 0.2) is 0 Å². The zero-order chi connectivity index (χ0) is 16.1. The van der Waals surface area contributed by atoms with Crippen LogP contribution in [0, 0.1) is 5.82 Å². The summed E-state index contributed by atoms with van der Waals surface area (Å²) in [5.74, 6) is -0.355. The topological polar surface area (TPSA) is 41.6 Å². The molecule has 1 aromatic rings. The van der Waals surface area contributed by atoms with Gasteiger partial charge in [-0.25, -0.2) is 4.39 Å². The van der Waals surface area contributed by atoms with Crippen LogP contribution in [0.25, 0.3) is 0 Å². The van der Waals surface area contributed by atoms with Crippen LogP contribution in [0.2, 0.25) is 0 Å². The Morgan fingerprint density at radius 2 is 2.13 bits per heavy atom. The second-order valence-electron chi connectivity index (χ2n) is 6.10. The molecule has 0 aromatic heterocycles. The number of hydrogen-bond acceptors (Lipinski definition) is 3. The van der Waals surface area contributed by atoms with Gasteiger partial charge in [0.1, 0.15) is 11.9 Å². The van der Waals surface area contributed by atoms with E-state index in [2.05, 4.69) is 22.4 Å². The largest absolute Gasteiger partial charge is 0.379 e. The van der Waals surface area contributed by atoms with E-state index >= 15 is 0 Å². The van der Waals surface area contributed by atoms with E-state index in [4.69, 9.17) is 4.74 Å². The third-order valence-electron chi connectivity index (χ3n) is 4.44. The fourth-order valence-corrected chi connectivity index (χ4v) is 3.25. The van der Waals surface area contributed by atoms with Crippen molar-refractivity contribution >= 4 is 5.91 Å². The van der Waals surface area contributed by atoms with Crippen LogP contribution in [0.5, 0.6) is 0 Å². The summed E-state index contributed by atoms with van der Waals surface area (Å²) in [6, 6.07) is 6.06. The highest BCUT2D eigenvalue weighted by molar-refractivity contribution is 5.83. The molecule has 4 nitrogen and oxygen atoms in total. The zero-order valence-corrected chi connectivity index (χ0v) is 13.2. The number of morpholine rings is 1. The van der Waals surface area contributed by atoms with Gasteiger partial charge in [-0.05, 0) is 37.0 Å². The minimum atomic E-state index is -0.458. The van der Waals surface area contributed by atoms with E-state index in [0.29, 0.717) is 31.9 Å². The second-order valence-corrected chi connectivity index (χ2v) is 6.10. The number of benzene rings is 1. The van der Waals surface area contributed by atoms with Crippen LogP contribution in [-0.4, -0.2) is 43.2 Å². The number of hydrogen-bond donors (Lipinski definition) is 1. The molecule has 0 saturated carbocycles. The molecule has 23 heavy (non-hydrogen) atoms. The Labute approximate surface area is 136 Å². The highest BCUT2D eigenvalue weighted by atomic mass is 19.1. The lowest BCUT2D eigenvalue weighted by molar-refractivity contribution is -0.129. The summed E-state index contributed by atoms with van der Waals surface area (Å²) in [4.78, 5) is 15.0. The van der Waals surface area contributed by atoms with Crippen LogP contribution in [0.4, 0.5) is 4.39 Å². The van der Waals surface area contributed by atoms with Crippen molar-refractivity contribution in [3.8, 4) is 0 Å². The van der Waals surface area contributed by atoms with Crippen molar-refractivity contribution in [2.45, 2.75) is 31.3 Å². The summed E-state index contributed by atoms with van der Waals surface area (Å²) in [6.45, 7) is 2.56. The molecule has 1 amide bonds. The number of amides is 1. The molecule has 1 N–H and O–H groups in total. The standard InChI is InChI=1S/C18H23FN2O2/c19-15-6-4-5-14(13-15)17(21-9-11-23-12-10-21)18(22)20-16-7-2-1-3-8-16/h1-2,4-6,13,16-17H,3,7-12H2,(H,20,22)/t16-,17+/m1/s1. The van der Waals surface area contributed by atoms with Crippen molar-refractivity contribution in [2.75, 3.05) is 26.3 Å². The molecule has 1 heterocycles. The summed E-state index contributed by atoms with van der Waals surface area (Å²) in [6.07, 6.45) is 7.08. The van der Waals surface area contributed by atoms with Gasteiger partial charge < -0.3 is 10.1 Å². The number of carbonyl (C=O) groups excluding carboxylic acids is 1. The average Bonchev–Trinajstić information content (AvgIpc) is 2.57. The number of nitrogens with zero attached hydrogens (tertiary/aromatic N) is 1. The van der Waals surface area contributed by atoms with Crippen molar-refractivity contribution in [1.29, 1.82) is 0 Å². The van der Waals surface area contributed by atoms with Gasteiger partial charge in [-0.15, -0.1) is 0 Å². The van der Waals surface area contributed by atoms with Gasteiger partial charge in [0.2, 0.25) is 5.91 Å². The fraction of sp³-hybridized carbons (Fsp3) is 0.500. The average molecular weight is 318 g/mol. The molecule has 3 rings (SSSR count).